The van der Waals surface area contributed by atoms with Crippen LogP contribution in [-0.4, -0.2) is 30.1 Å². The zero-order valence-corrected chi connectivity index (χ0v) is 10.0. The molecule has 3 atom stereocenters. The molecule has 0 radical (unpaired) electrons. The molecule has 0 fully saturated rings. The summed E-state index contributed by atoms with van der Waals surface area (Å²) in [5.74, 6) is 0.709. The molecule has 0 bridgehead atoms. The van der Waals surface area contributed by atoms with Crippen LogP contribution in [0.25, 0.3) is 0 Å². The lowest BCUT2D eigenvalue weighted by Crippen LogP contribution is -2.42. The first-order valence-corrected chi connectivity index (χ1v) is 5.33. The maximum Gasteiger partial charge on any atom is 0.00897 e. The minimum atomic E-state index is 0.303. The van der Waals surface area contributed by atoms with Crippen molar-refractivity contribution in [3.05, 3.63) is 0 Å². The second-order valence-corrected chi connectivity index (χ2v) is 4.71. The van der Waals surface area contributed by atoms with Crippen molar-refractivity contribution in [2.24, 2.45) is 11.7 Å². The molecule has 13 heavy (non-hydrogen) atoms. The summed E-state index contributed by atoms with van der Waals surface area (Å²) in [5, 5.41) is 0. The van der Waals surface area contributed by atoms with Crippen molar-refractivity contribution in [1.82, 2.24) is 4.90 Å². The van der Waals surface area contributed by atoms with Crippen LogP contribution in [0.15, 0.2) is 0 Å². The molecule has 0 aliphatic carbocycles. The summed E-state index contributed by atoms with van der Waals surface area (Å²) in [4.78, 5) is 2.42. The molecule has 80 valence electrons. The second-order valence-electron chi connectivity index (χ2n) is 4.71. The Morgan fingerprint density at radius 3 is 1.85 bits per heavy atom. The molecule has 0 saturated carbocycles. The molecule has 0 spiro atoms. The predicted molar refractivity (Wildman–Crippen MR) is 59.8 cm³/mol. The van der Waals surface area contributed by atoms with Crippen LogP contribution in [-0.2, 0) is 0 Å². The maximum atomic E-state index is 5.78. The molecular formula is C11H26N2. The summed E-state index contributed by atoms with van der Waals surface area (Å²) in [6.45, 7) is 11.1. The van der Waals surface area contributed by atoms with E-state index in [1.54, 1.807) is 0 Å². The van der Waals surface area contributed by atoms with Gasteiger partial charge < -0.3 is 10.6 Å². The molecule has 3 unspecified atom stereocenters. The lowest BCUT2D eigenvalue weighted by atomic mass is 10.0. The monoisotopic (exact) mass is 186 g/mol. The van der Waals surface area contributed by atoms with Gasteiger partial charge in [-0.05, 0) is 40.2 Å². The van der Waals surface area contributed by atoms with Gasteiger partial charge in [-0.3, -0.25) is 0 Å². The Balaban J connectivity index is 4.01. The van der Waals surface area contributed by atoms with Gasteiger partial charge in [-0.25, -0.2) is 0 Å². The summed E-state index contributed by atoms with van der Waals surface area (Å²) < 4.78 is 0. The highest BCUT2D eigenvalue weighted by Gasteiger charge is 2.18. The van der Waals surface area contributed by atoms with Gasteiger partial charge in [0.05, 0.1) is 0 Å². The van der Waals surface area contributed by atoms with E-state index in [1.807, 2.05) is 0 Å². The van der Waals surface area contributed by atoms with E-state index >= 15 is 0 Å². The van der Waals surface area contributed by atoms with E-state index in [-0.39, 0.29) is 0 Å². The zero-order chi connectivity index (χ0) is 10.6. The average molecular weight is 186 g/mol. The van der Waals surface area contributed by atoms with Crippen molar-refractivity contribution in [2.45, 2.75) is 59.2 Å². The molecule has 2 N–H and O–H groups in total. The Morgan fingerprint density at radius 1 is 1.08 bits per heavy atom. The minimum Gasteiger partial charge on any atom is -0.328 e. The van der Waals surface area contributed by atoms with Crippen LogP contribution in [0.4, 0.5) is 0 Å². The van der Waals surface area contributed by atoms with Gasteiger partial charge in [-0.2, -0.15) is 0 Å². The third-order valence-corrected chi connectivity index (χ3v) is 3.02. The van der Waals surface area contributed by atoms with Gasteiger partial charge in [0.2, 0.25) is 0 Å². The van der Waals surface area contributed by atoms with Crippen molar-refractivity contribution in [2.75, 3.05) is 7.05 Å². The number of nitrogens with two attached hydrogens (primary N) is 1. The van der Waals surface area contributed by atoms with Crippen LogP contribution in [0, 0.1) is 5.92 Å². The Kier molecular flexibility index (Phi) is 5.57. The molecule has 0 amide bonds. The molecule has 0 aromatic heterocycles. The van der Waals surface area contributed by atoms with Crippen molar-refractivity contribution >= 4 is 0 Å². The highest BCUT2D eigenvalue weighted by molar-refractivity contribution is 4.74. The van der Waals surface area contributed by atoms with Crippen LogP contribution < -0.4 is 5.73 Å². The molecular weight excluding hydrogens is 160 g/mol. The van der Waals surface area contributed by atoms with E-state index < -0.39 is 0 Å². The summed E-state index contributed by atoms with van der Waals surface area (Å²) in [6.07, 6.45) is 1.08. The molecule has 0 saturated heterocycles. The van der Waals surface area contributed by atoms with Crippen molar-refractivity contribution in [1.29, 1.82) is 0 Å². The lowest BCUT2D eigenvalue weighted by molar-refractivity contribution is 0.147. The van der Waals surface area contributed by atoms with Gasteiger partial charge >= 0.3 is 0 Å². The van der Waals surface area contributed by atoms with Crippen LogP contribution >= 0.6 is 0 Å². The SMILES string of the molecule is CC(N)CC(C)N(C)C(C)C(C)C. The van der Waals surface area contributed by atoms with Gasteiger partial charge in [0, 0.05) is 18.1 Å². The number of hydrogen-bond donors (Lipinski definition) is 1. The number of rotatable bonds is 5. The van der Waals surface area contributed by atoms with E-state index in [0.29, 0.717) is 24.0 Å². The maximum absolute atomic E-state index is 5.78. The van der Waals surface area contributed by atoms with Crippen LogP contribution in [0.5, 0.6) is 0 Å². The Labute approximate surface area is 83.5 Å². The first-order chi connectivity index (χ1) is 5.86. The fourth-order valence-electron chi connectivity index (χ4n) is 1.58. The zero-order valence-electron chi connectivity index (χ0n) is 10.0. The highest BCUT2D eigenvalue weighted by atomic mass is 15.2. The summed E-state index contributed by atoms with van der Waals surface area (Å²) in [5.41, 5.74) is 5.78. The second kappa shape index (κ2) is 5.61. The quantitative estimate of drug-likeness (QED) is 0.712. The molecule has 2 nitrogen and oxygen atoms in total. The molecule has 0 aliphatic rings. The number of nitrogens with zero attached hydrogens (tertiary/aromatic N) is 1. The third kappa shape index (κ3) is 4.63. The highest BCUT2D eigenvalue weighted by Crippen LogP contribution is 2.13. The fraction of sp³-hybridized carbons (Fsp3) is 1.00. The molecule has 2 heteroatoms. The first-order valence-electron chi connectivity index (χ1n) is 5.33. The molecule has 0 heterocycles. The fourth-order valence-corrected chi connectivity index (χ4v) is 1.58. The van der Waals surface area contributed by atoms with E-state index in [1.165, 1.54) is 0 Å². The summed E-state index contributed by atoms with van der Waals surface area (Å²) >= 11 is 0. The first kappa shape index (κ1) is 12.9. The van der Waals surface area contributed by atoms with E-state index in [9.17, 15) is 0 Å². The summed E-state index contributed by atoms with van der Waals surface area (Å²) in [6, 6.07) is 1.52. The third-order valence-electron chi connectivity index (χ3n) is 3.02. The average Bonchev–Trinajstić information content (AvgIpc) is 2.00. The van der Waals surface area contributed by atoms with E-state index in [0.717, 1.165) is 6.42 Å². The Hall–Kier alpha value is -0.0800. The van der Waals surface area contributed by atoms with Crippen molar-refractivity contribution < 1.29 is 0 Å². The number of hydrogen-bond acceptors (Lipinski definition) is 2. The normalized spacial score (nSPS) is 19.2. The largest absolute Gasteiger partial charge is 0.328 e. The molecule has 0 aromatic carbocycles. The van der Waals surface area contributed by atoms with Gasteiger partial charge in [-0.1, -0.05) is 13.8 Å². The smallest absolute Gasteiger partial charge is 0.00897 e. The van der Waals surface area contributed by atoms with Crippen LogP contribution in [0.2, 0.25) is 0 Å². The topological polar surface area (TPSA) is 29.3 Å². The van der Waals surface area contributed by atoms with E-state index in [2.05, 4.69) is 46.6 Å². The standard InChI is InChI=1S/C11H26N2/c1-8(2)11(5)13(6)10(4)7-9(3)12/h8-11H,7,12H2,1-6H3. The minimum absolute atomic E-state index is 0.303. The molecule has 0 rings (SSSR count). The van der Waals surface area contributed by atoms with Crippen LogP contribution in [0.3, 0.4) is 0 Å². The Bertz CT molecular complexity index is 132. The van der Waals surface area contributed by atoms with Gasteiger partial charge in [-0.15, -0.1) is 0 Å². The molecule has 0 aliphatic heterocycles. The van der Waals surface area contributed by atoms with Crippen molar-refractivity contribution in [3.8, 4) is 0 Å². The lowest BCUT2D eigenvalue weighted by Gasteiger charge is -2.34. The van der Waals surface area contributed by atoms with Gasteiger partial charge in [0.1, 0.15) is 0 Å². The van der Waals surface area contributed by atoms with E-state index in [4.69, 9.17) is 5.73 Å². The van der Waals surface area contributed by atoms with Gasteiger partial charge in [0.15, 0.2) is 0 Å². The molecule has 0 aromatic rings. The Morgan fingerprint density at radius 2 is 1.54 bits per heavy atom. The van der Waals surface area contributed by atoms with Crippen molar-refractivity contribution in [3.63, 3.8) is 0 Å². The predicted octanol–water partition coefficient (Wildman–Crippen LogP) is 2.09. The van der Waals surface area contributed by atoms with Crippen LogP contribution in [0.1, 0.15) is 41.0 Å². The van der Waals surface area contributed by atoms with Gasteiger partial charge in [0.25, 0.3) is 0 Å². The summed E-state index contributed by atoms with van der Waals surface area (Å²) in [7, 11) is 2.19.